The maximum Gasteiger partial charge on any atom is 0.227 e. The summed E-state index contributed by atoms with van der Waals surface area (Å²) in [7, 11) is 0. The average Bonchev–Trinajstić information content (AvgIpc) is 2.71. The summed E-state index contributed by atoms with van der Waals surface area (Å²) in [6, 6.07) is 7.67. The van der Waals surface area contributed by atoms with Gasteiger partial charge in [-0.3, -0.25) is 4.79 Å². The average molecular weight is 220 g/mol. The SMILES string of the molecule is NCc1cccc(N2CC(CO)CC2=O)c1. The number of rotatable bonds is 3. The molecule has 1 aliphatic rings. The predicted octanol–water partition coefficient (Wildman–Crippen LogP) is 0.490. The minimum absolute atomic E-state index is 0.0639. The molecule has 0 aliphatic carbocycles. The maximum atomic E-state index is 11.7. The van der Waals surface area contributed by atoms with E-state index < -0.39 is 0 Å². The Morgan fingerprint density at radius 1 is 1.50 bits per heavy atom. The Morgan fingerprint density at radius 3 is 2.94 bits per heavy atom. The first-order chi connectivity index (χ1) is 7.74. The van der Waals surface area contributed by atoms with Crippen molar-refractivity contribution in [3.63, 3.8) is 0 Å². The Hall–Kier alpha value is -1.39. The van der Waals surface area contributed by atoms with E-state index in [0.29, 0.717) is 19.5 Å². The minimum atomic E-state index is 0.0639. The number of amides is 1. The highest BCUT2D eigenvalue weighted by Gasteiger charge is 2.29. The van der Waals surface area contributed by atoms with Gasteiger partial charge < -0.3 is 15.7 Å². The lowest BCUT2D eigenvalue weighted by Crippen LogP contribution is -2.25. The normalized spacial score (nSPS) is 20.5. The van der Waals surface area contributed by atoms with Crippen LogP contribution in [0, 0.1) is 5.92 Å². The predicted molar refractivity (Wildman–Crippen MR) is 61.9 cm³/mol. The molecule has 16 heavy (non-hydrogen) atoms. The Morgan fingerprint density at radius 2 is 2.31 bits per heavy atom. The van der Waals surface area contributed by atoms with Crippen molar-refractivity contribution >= 4 is 11.6 Å². The number of aliphatic hydroxyl groups is 1. The van der Waals surface area contributed by atoms with Crippen LogP contribution in [-0.4, -0.2) is 24.2 Å². The molecule has 2 rings (SSSR count). The number of anilines is 1. The van der Waals surface area contributed by atoms with E-state index in [1.54, 1.807) is 4.90 Å². The van der Waals surface area contributed by atoms with Gasteiger partial charge in [0.1, 0.15) is 0 Å². The highest BCUT2D eigenvalue weighted by molar-refractivity contribution is 5.95. The van der Waals surface area contributed by atoms with Crippen molar-refractivity contribution < 1.29 is 9.90 Å². The standard InChI is InChI=1S/C12H16N2O2/c13-6-9-2-1-3-11(4-9)14-7-10(8-15)5-12(14)16/h1-4,10,15H,5-8,13H2. The van der Waals surface area contributed by atoms with Gasteiger partial charge in [0.2, 0.25) is 5.91 Å². The molecule has 4 heteroatoms. The molecule has 1 amide bonds. The summed E-state index contributed by atoms with van der Waals surface area (Å²) in [5.41, 5.74) is 7.45. The third kappa shape index (κ3) is 2.08. The molecule has 0 spiro atoms. The van der Waals surface area contributed by atoms with E-state index >= 15 is 0 Å². The van der Waals surface area contributed by atoms with Crippen molar-refractivity contribution in [2.75, 3.05) is 18.1 Å². The van der Waals surface area contributed by atoms with Crippen LogP contribution in [0.3, 0.4) is 0 Å². The Bertz CT molecular complexity index is 392. The number of nitrogens with two attached hydrogens (primary N) is 1. The van der Waals surface area contributed by atoms with Gasteiger partial charge in [-0.15, -0.1) is 0 Å². The largest absolute Gasteiger partial charge is 0.396 e. The summed E-state index contributed by atoms with van der Waals surface area (Å²) >= 11 is 0. The fraction of sp³-hybridized carbons (Fsp3) is 0.417. The van der Waals surface area contributed by atoms with Crippen LogP contribution in [0.5, 0.6) is 0 Å². The molecule has 0 aromatic heterocycles. The van der Waals surface area contributed by atoms with Crippen LogP contribution in [0.25, 0.3) is 0 Å². The van der Waals surface area contributed by atoms with Crippen LogP contribution in [-0.2, 0) is 11.3 Å². The summed E-state index contributed by atoms with van der Waals surface area (Å²) in [5.74, 6) is 0.141. The zero-order valence-electron chi connectivity index (χ0n) is 9.10. The van der Waals surface area contributed by atoms with Crippen molar-refractivity contribution in [1.82, 2.24) is 0 Å². The smallest absolute Gasteiger partial charge is 0.227 e. The van der Waals surface area contributed by atoms with E-state index in [4.69, 9.17) is 10.8 Å². The van der Waals surface area contributed by atoms with Crippen molar-refractivity contribution in [3.8, 4) is 0 Å². The maximum absolute atomic E-state index is 11.7. The van der Waals surface area contributed by atoms with Gasteiger partial charge in [0, 0.05) is 37.7 Å². The molecule has 1 aromatic carbocycles. The second-order valence-corrected chi connectivity index (χ2v) is 4.13. The minimum Gasteiger partial charge on any atom is -0.396 e. The number of carbonyl (C=O) groups excluding carboxylic acids is 1. The van der Waals surface area contributed by atoms with Gasteiger partial charge in [-0.25, -0.2) is 0 Å². The molecule has 3 N–H and O–H groups in total. The number of benzene rings is 1. The van der Waals surface area contributed by atoms with Crippen molar-refractivity contribution in [2.45, 2.75) is 13.0 Å². The van der Waals surface area contributed by atoms with Crippen LogP contribution in [0.4, 0.5) is 5.69 Å². The number of hydrogen-bond acceptors (Lipinski definition) is 3. The molecule has 0 radical (unpaired) electrons. The summed E-state index contributed by atoms with van der Waals surface area (Å²) in [5, 5.41) is 9.05. The van der Waals surface area contributed by atoms with E-state index in [1.165, 1.54) is 0 Å². The van der Waals surface area contributed by atoms with Gasteiger partial charge in [0.25, 0.3) is 0 Å². The first-order valence-electron chi connectivity index (χ1n) is 5.45. The Kier molecular flexibility index (Phi) is 3.22. The number of hydrogen-bond donors (Lipinski definition) is 2. The molecule has 1 unspecified atom stereocenters. The van der Waals surface area contributed by atoms with Gasteiger partial charge >= 0.3 is 0 Å². The molecule has 86 valence electrons. The zero-order chi connectivity index (χ0) is 11.5. The van der Waals surface area contributed by atoms with Crippen LogP contribution in [0.15, 0.2) is 24.3 Å². The molecule has 1 aromatic rings. The van der Waals surface area contributed by atoms with Crippen LogP contribution >= 0.6 is 0 Å². The monoisotopic (exact) mass is 220 g/mol. The molecule has 1 fully saturated rings. The summed E-state index contributed by atoms with van der Waals surface area (Å²) in [6.45, 7) is 1.14. The lowest BCUT2D eigenvalue weighted by atomic mass is 10.1. The molecular formula is C12H16N2O2. The van der Waals surface area contributed by atoms with E-state index in [9.17, 15) is 4.79 Å². The quantitative estimate of drug-likeness (QED) is 0.779. The van der Waals surface area contributed by atoms with E-state index in [2.05, 4.69) is 0 Å². The summed E-state index contributed by atoms with van der Waals surface area (Å²) < 4.78 is 0. The van der Waals surface area contributed by atoms with Crippen molar-refractivity contribution in [2.24, 2.45) is 11.7 Å². The number of nitrogens with zero attached hydrogens (tertiary/aromatic N) is 1. The van der Waals surface area contributed by atoms with Crippen molar-refractivity contribution in [1.29, 1.82) is 0 Å². The molecule has 0 saturated carbocycles. The van der Waals surface area contributed by atoms with Crippen molar-refractivity contribution in [3.05, 3.63) is 29.8 Å². The third-order valence-corrected chi connectivity index (χ3v) is 2.92. The van der Waals surface area contributed by atoms with Gasteiger partial charge in [-0.1, -0.05) is 12.1 Å². The zero-order valence-corrected chi connectivity index (χ0v) is 9.10. The van der Waals surface area contributed by atoms with Gasteiger partial charge in [-0.2, -0.15) is 0 Å². The van der Waals surface area contributed by atoms with Gasteiger partial charge in [0.05, 0.1) is 0 Å². The fourth-order valence-corrected chi connectivity index (χ4v) is 2.00. The summed E-state index contributed by atoms with van der Waals surface area (Å²) in [4.78, 5) is 13.4. The van der Waals surface area contributed by atoms with E-state index in [1.807, 2.05) is 24.3 Å². The molecule has 1 heterocycles. The second-order valence-electron chi connectivity index (χ2n) is 4.13. The number of carbonyl (C=O) groups is 1. The van der Waals surface area contributed by atoms with Crippen LogP contribution in [0.1, 0.15) is 12.0 Å². The summed E-state index contributed by atoms with van der Waals surface area (Å²) in [6.07, 6.45) is 0.434. The van der Waals surface area contributed by atoms with Gasteiger partial charge in [-0.05, 0) is 17.7 Å². The highest BCUT2D eigenvalue weighted by Crippen LogP contribution is 2.25. The molecule has 1 saturated heterocycles. The first kappa shape index (κ1) is 11.1. The molecule has 1 atom stereocenters. The third-order valence-electron chi connectivity index (χ3n) is 2.92. The highest BCUT2D eigenvalue weighted by atomic mass is 16.3. The molecular weight excluding hydrogens is 204 g/mol. The molecule has 4 nitrogen and oxygen atoms in total. The number of aliphatic hydroxyl groups excluding tert-OH is 1. The second kappa shape index (κ2) is 4.63. The Labute approximate surface area is 94.7 Å². The lowest BCUT2D eigenvalue weighted by molar-refractivity contribution is -0.117. The lowest BCUT2D eigenvalue weighted by Gasteiger charge is -2.17. The van der Waals surface area contributed by atoms with Crippen LogP contribution < -0.4 is 10.6 Å². The molecule has 1 aliphatic heterocycles. The van der Waals surface area contributed by atoms with E-state index in [0.717, 1.165) is 11.3 Å². The molecule has 0 bridgehead atoms. The van der Waals surface area contributed by atoms with Gasteiger partial charge in [0.15, 0.2) is 0 Å². The van der Waals surface area contributed by atoms with Crippen LogP contribution in [0.2, 0.25) is 0 Å². The van der Waals surface area contributed by atoms with E-state index in [-0.39, 0.29) is 18.4 Å². The first-order valence-corrected chi connectivity index (χ1v) is 5.45. The fourth-order valence-electron chi connectivity index (χ4n) is 2.00. The Balaban J connectivity index is 2.20. The topological polar surface area (TPSA) is 66.6 Å².